The highest BCUT2D eigenvalue weighted by Gasteiger charge is 2.21. The number of carbonyl (C=O) groups is 1. The van der Waals surface area contributed by atoms with Gasteiger partial charge >= 0.3 is 0 Å². The van der Waals surface area contributed by atoms with Crippen LogP contribution in [0.5, 0.6) is 0 Å². The first-order valence-electron chi connectivity index (χ1n) is 8.18. The molecule has 3 rings (SSSR count). The number of nitrogens with two attached hydrogens (primary N) is 1. The van der Waals surface area contributed by atoms with Gasteiger partial charge in [0.2, 0.25) is 0 Å². The van der Waals surface area contributed by atoms with Crippen molar-refractivity contribution in [2.24, 2.45) is 0 Å². The third-order valence-electron chi connectivity index (χ3n) is 4.16. The van der Waals surface area contributed by atoms with Crippen LogP contribution in [-0.4, -0.2) is 51.9 Å². The van der Waals surface area contributed by atoms with E-state index in [1.165, 1.54) is 16.2 Å². The Bertz CT molecular complexity index is 709. The highest BCUT2D eigenvalue weighted by Crippen LogP contribution is 2.18. The summed E-state index contributed by atoms with van der Waals surface area (Å²) in [4.78, 5) is 26.7. The molecule has 0 aromatic carbocycles. The minimum Gasteiger partial charge on any atom is -0.375 e. The number of hydrogen-bond acceptors (Lipinski definition) is 6. The molecule has 0 spiro atoms. The zero-order valence-electron chi connectivity index (χ0n) is 14.2. The van der Waals surface area contributed by atoms with Crippen molar-refractivity contribution in [1.82, 2.24) is 19.8 Å². The topological polar surface area (TPSA) is 75.4 Å². The van der Waals surface area contributed by atoms with Gasteiger partial charge in [-0.25, -0.2) is 4.98 Å². The number of pyridine rings is 1. The molecule has 0 aliphatic carbocycles. The van der Waals surface area contributed by atoms with Gasteiger partial charge in [-0.1, -0.05) is 0 Å². The molecule has 128 valence electrons. The second-order valence-corrected chi connectivity index (χ2v) is 7.37. The normalized spacial score (nSPS) is 16.2. The molecule has 0 atom stereocenters. The quantitative estimate of drug-likeness (QED) is 0.922. The summed E-state index contributed by atoms with van der Waals surface area (Å²) < 4.78 is 0. The van der Waals surface area contributed by atoms with Gasteiger partial charge in [0.15, 0.2) is 5.13 Å². The fourth-order valence-electron chi connectivity index (χ4n) is 3.09. The van der Waals surface area contributed by atoms with E-state index < -0.39 is 0 Å². The van der Waals surface area contributed by atoms with Crippen molar-refractivity contribution in [2.75, 3.05) is 31.9 Å². The number of anilines is 1. The Hall–Kier alpha value is -1.99. The van der Waals surface area contributed by atoms with Crippen molar-refractivity contribution in [3.63, 3.8) is 0 Å². The number of thiazole rings is 1. The van der Waals surface area contributed by atoms with E-state index in [1.54, 1.807) is 0 Å². The van der Waals surface area contributed by atoms with Crippen LogP contribution in [0.25, 0.3) is 0 Å². The molecule has 0 saturated carbocycles. The Kier molecular flexibility index (Phi) is 5.11. The second kappa shape index (κ2) is 7.27. The van der Waals surface area contributed by atoms with Crippen LogP contribution >= 0.6 is 11.3 Å². The van der Waals surface area contributed by atoms with Crippen LogP contribution in [0.1, 0.15) is 33.0 Å². The molecule has 1 fully saturated rings. The van der Waals surface area contributed by atoms with E-state index in [-0.39, 0.29) is 5.91 Å². The Morgan fingerprint density at radius 3 is 2.62 bits per heavy atom. The molecule has 7 heteroatoms. The van der Waals surface area contributed by atoms with Gasteiger partial charge in [0.25, 0.3) is 5.91 Å². The van der Waals surface area contributed by atoms with Gasteiger partial charge in [-0.05, 0) is 32.4 Å². The Morgan fingerprint density at radius 2 is 1.96 bits per heavy atom. The van der Waals surface area contributed by atoms with Crippen molar-refractivity contribution < 1.29 is 4.79 Å². The van der Waals surface area contributed by atoms with Crippen LogP contribution in [0.2, 0.25) is 0 Å². The van der Waals surface area contributed by atoms with Gasteiger partial charge in [0.05, 0.1) is 0 Å². The van der Waals surface area contributed by atoms with Crippen LogP contribution in [0.3, 0.4) is 0 Å². The number of aryl methyl sites for hydroxylation is 2. The van der Waals surface area contributed by atoms with E-state index in [0.717, 1.165) is 56.1 Å². The number of nitrogens with zero attached hydrogens (tertiary/aromatic N) is 4. The zero-order chi connectivity index (χ0) is 17.1. The molecule has 3 heterocycles. The highest BCUT2D eigenvalue weighted by molar-refractivity contribution is 7.15. The smallest absolute Gasteiger partial charge is 0.254 e. The van der Waals surface area contributed by atoms with Crippen molar-refractivity contribution in [2.45, 2.75) is 26.8 Å². The average molecular weight is 345 g/mol. The summed E-state index contributed by atoms with van der Waals surface area (Å²) in [6, 6.07) is 3.75. The molecule has 24 heavy (non-hydrogen) atoms. The molecule has 1 saturated heterocycles. The summed E-state index contributed by atoms with van der Waals surface area (Å²) in [5, 5.41) is 0.611. The van der Waals surface area contributed by atoms with Gasteiger partial charge in [0.1, 0.15) is 0 Å². The molecule has 1 amide bonds. The number of nitrogen functional groups attached to an aromatic ring is 1. The molecular weight excluding hydrogens is 322 g/mol. The summed E-state index contributed by atoms with van der Waals surface area (Å²) in [5.41, 5.74) is 8.21. The second-order valence-electron chi connectivity index (χ2n) is 6.23. The van der Waals surface area contributed by atoms with Crippen LogP contribution in [0.4, 0.5) is 5.13 Å². The summed E-state index contributed by atoms with van der Waals surface area (Å²) in [6.45, 7) is 8.09. The maximum atomic E-state index is 12.8. The van der Waals surface area contributed by atoms with E-state index in [2.05, 4.69) is 14.9 Å². The van der Waals surface area contributed by atoms with Gasteiger partial charge in [0, 0.05) is 60.7 Å². The van der Waals surface area contributed by atoms with Crippen molar-refractivity contribution in [1.29, 1.82) is 0 Å². The number of rotatable bonds is 3. The molecule has 2 N–H and O–H groups in total. The molecule has 0 unspecified atom stereocenters. The van der Waals surface area contributed by atoms with Crippen LogP contribution in [-0.2, 0) is 6.54 Å². The number of amides is 1. The molecule has 1 aliphatic heterocycles. The first-order chi connectivity index (χ1) is 11.5. The molecule has 2 aromatic rings. The molecule has 0 radical (unpaired) electrons. The summed E-state index contributed by atoms with van der Waals surface area (Å²) in [6.07, 6.45) is 2.82. The van der Waals surface area contributed by atoms with Crippen molar-refractivity contribution >= 4 is 22.4 Å². The third kappa shape index (κ3) is 4.10. The standard InChI is InChI=1S/C17H23N5OS/c1-12-8-14(9-13(2)20-12)16(23)22-5-3-4-21(6-7-22)11-15-10-19-17(18)24-15/h8-10H,3-7,11H2,1-2H3,(H2,18,19). The van der Waals surface area contributed by atoms with Crippen molar-refractivity contribution in [3.8, 4) is 0 Å². The van der Waals surface area contributed by atoms with E-state index in [1.807, 2.05) is 37.1 Å². The lowest BCUT2D eigenvalue weighted by Gasteiger charge is -2.22. The monoisotopic (exact) mass is 345 g/mol. The van der Waals surface area contributed by atoms with E-state index >= 15 is 0 Å². The molecule has 1 aliphatic rings. The third-order valence-corrected chi connectivity index (χ3v) is 4.97. The predicted molar refractivity (Wildman–Crippen MR) is 96.0 cm³/mol. The first kappa shape index (κ1) is 16.9. The first-order valence-corrected chi connectivity index (χ1v) is 9.00. The number of aromatic nitrogens is 2. The summed E-state index contributed by atoms with van der Waals surface area (Å²) in [5.74, 6) is 0.104. The van der Waals surface area contributed by atoms with Gasteiger partial charge in [-0.2, -0.15) is 0 Å². The van der Waals surface area contributed by atoms with Gasteiger partial charge in [-0.3, -0.25) is 14.7 Å². The average Bonchev–Trinajstić information content (AvgIpc) is 2.79. The molecule has 0 bridgehead atoms. The van der Waals surface area contributed by atoms with Crippen LogP contribution in [0, 0.1) is 13.8 Å². The Morgan fingerprint density at radius 1 is 1.21 bits per heavy atom. The van der Waals surface area contributed by atoms with Crippen molar-refractivity contribution in [3.05, 3.63) is 40.2 Å². The van der Waals surface area contributed by atoms with E-state index in [9.17, 15) is 4.79 Å². The van der Waals surface area contributed by atoms with Gasteiger partial charge in [-0.15, -0.1) is 11.3 Å². The lowest BCUT2D eigenvalue weighted by Crippen LogP contribution is -2.35. The maximum absolute atomic E-state index is 12.8. The summed E-state index contributed by atoms with van der Waals surface area (Å²) >= 11 is 1.53. The molecule has 6 nitrogen and oxygen atoms in total. The lowest BCUT2D eigenvalue weighted by atomic mass is 10.1. The van der Waals surface area contributed by atoms with Gasteiger partial charge < -0.3 is 10.6 Å². The summed E-state index contributed by atoms with van der Waals surface area (Å²) in [7, 11) is 0. The lowest BCUT2D eigenvalue weighted by molar-refractivity contribution is 0.0761. The van der Waals surface area contributed by atoms with E-state index in [0.29, 0.717) is 5.13 Å². The van der Waals surface area contributed by atoms with Crippen LogP contribution in [0.15, 0.2) is 18.3 Å². The molecule has 2 aromatic heterocycles. The maximum Gasteiger partial charge on any atom is 0.254 e. The van der Waals surface area contributed by atoms with Crippen LogP contribution < -0.4 is 5.73 Å². The number of carbonyl (C=O) groups excluding carboxylic acids is 1. The van der Waals surface area contributed by atoms with E-state index in [4.69, 9.17) is 5.73 Å². The minimum atomic E-state index is 0.104. The predicted octanol–water partition coefficient (Wildman–Crippen LogP) is 2.09. The SMILES string of the molecule is Cc1cc(C(=O)N2CCCN(Cc3cnc(N)s3)CC2)cc(C)n1. The molecular formula is C17H23N5OS. The Balaban J connectivity index is 1.63. The zero-order valence-corrected chi connectivity index (χ0v) is 15.0. The largest absolute Gasteiger partial charge is 0.375 e. The fraction of sp³-hybridized carbons (Fsp3) is 0.471. The Labute approximate surface area is 146 Å². The number of hydrogen-bond donors (Lipinski definition) is 1. The minimum absolute atomic E-state index is 0.104. The fourth-order valence-corrected chi connectivity index (χ4v) is 3.82. The highest BCUT2D eigenvalue weighted by atomic mass is 32.1.